The Kier molecular flexibility index (Phi) is 5.22. The third kappa shape index (κ3) is 3.88. The van der Waals surface area contributed by atoms with E-state index in [4.69, 9.17) is 4.42 Å². The second kappa shape index (κ2) is 8.48. The molecule has 2 aliphatic carbocycles. The molecule has 1 aromatic heterocycles. The van der Waals surface area contributed by atoms with Crippen molar-refractivity contribution in [1.82, 2.24) is 0 Å². The van der Waals surface area contributed by atoms with Crippen molar-refractivity contribution < 1.29 is 9.21 Å². The lowest BCUT2D eigenvalue weighted by Gasteiger charge is -2.03. The molecule has 0 unspecified atom stereocenters. The number of amides is 1. The minimum absolute atomic E-state index is 0.0898. The zero-order valence-electron chi connectivity index (χ0n) is 17.7. The second-order valence-electron chi connectivity index (χ2n) is 7.70. The minimum atomic E-state index is -0.0898. The summed E-state index contributed by atoms with van der Waals surface area (Å²) in [4.78, 5) is 11.8. The van der Waals surface area contributed by atoms with E-state index in [2.05, 4.69) is 23.5 Å². The van der Waals surface area contributed by atoms with Crippen molar-refractivity contribution in [2.75, 3.05) is 5.32 Å². The lowest BCUT2D eigenvalue weighted by molar-refractivity contribution is -0.114. The van der Waals surface area contributed by atoms with E-state index >= 15 is 0 Å². The molecule has 3 aromatic rings. The van der Waals surface area contributed by atoms with Crippen molar-refractivity contribution in [3.8, 4) is 44.9 Å². The lowest BCUT2D eigenvalue weighted by atomic mass is 10.00. The summed E-state index contributed by atoms with van der Waals surface area (Å²) in [6.45, 7) is 1.53. The average molecular weight is 417 g/mol. The predicted octanol–water partition coefficient (Wildman–Crippen LogP) is 7.62. The number of anilines is 1. The van der Waals surface area contributed by atoms with E-state index in [1.165, 1.54) is 6.92 Å². The highest BCUT2D eigenvalue weighted by Crippen LogP contribution is 2.43. The van der Waals surface area contributed by atoms with Gasteiger partial charge in [-0.2, -0.15) is 0 Å². The number of nitrogens with one attached hydrogen (secondary N) is 1. The Balaban J connectivity index is 1.75. The van der Waals surface area contributed by atoms with Crippen LogP contribution >= 0.6 is 0 Å². The Morgan fingerprint density at radius 3 is 1.62 bits per heavy atom. The largest absolute Gasteiger partial charge is 0.361 e. The van der Waals surface area contributed by atoms with Crippen LogP contribution in [0.2, 0.25) is 0 Å². The highest BCUT2D eigenvalue weighted by molar-refractivity contribution is 6.02. The minimum Gasteiger partial charge on any atom is -0.326 e. The van der Waals surface area contributed by atoms with E-state index in [9.17, 15) is 4.79 Å². The van der Waals surface area contributed by atoms with Gasteiger partial charge in [-0.3, -0.25) is 4.79 Å². The molecule has 3 heteroatoms. The van der Waals surface area contributed by atoms with E-state index in [0.717, 1.165) is 50.6 Å². The number of carbonyl (C=O) groups excluding carboxylic acids is 1. The van der Waals surface area contributed by atoms with E-state index in [-0.39, 0.29) is 5.91 Å². The maximum atomic E-state index is 11.8. The van der Waals surface area contributed by atoms with Crippen LogP contribution in [0.15, 0.2) is 114 Å². The van der Waals surface area contributed by atoms with Crippen molar-refractivity contribution in [2.45, 2.75) is 6.92 Å². The van der Waals surface area contributed by atoms with Crippen molar-refractivity contribution >= 4 is 11.6 Å². The predicted molar refractivity (Wildman–Crippen MR) is 130 cm³/mol. The topological polar surface area (TPSA) is 40.4 Å². The molecule has 0 radical (unpaired) electrons. The van der Waals surface area contributed by atoms with E-state index in [1.54, 1.807) is 0 Å². The van der Waals surface area contributed by atoms with Crippen LogP contribution in [0.5, 0.6) is 0 Å². The van der Waals surface area contributed by atoms with Crippen LogP contribution in [0, 0.1) is 0 Å². The van der Waals surface area contributed by atoms with Crippen molar-refractivity contribution in [3.05, 3.63) is 109 Å². The number of benzene rings is 2. The smallest absolute Gasteiger partial charge is 0.326 e. The van der Waals surface area contributed by atoms with E-state index in [1.807, 2.05) is 91.0 Å². The molecule has 5 rings (SSSR count). The standard InChI is InChI=1S/C29H21NO2/c1-20(31)30-27-19-26(24-15-9-4-10-16-25(24)27)23-17-28(21-11-5-2-6-12-21)32-29(18-23)22-13-7-3-8-14-22/h2-19H,1H3/p+1. The highest BCUT2D eigenvalue weighted by atomic mass is 16.3. The molecule has 2 aromatic carbocycles. The third-order valence-electron chi connectivity index (χ3n) is 5.44. The molecule has 3 nitrogen and oxygen atoms in total. The first-order valence-electron chi connectivity index (χ1n) is 10.6. The normalized spacial score (nSPS) is 10.8. The van der Waals surface area contributed by atoms with Crippen LogP contribution in [-0.4, -0.2) is 5.91 Å². The summed E-state index contributed by atoms with van der Waals surface area (Å²) in [5.74, 6) is 1.49. The first-order chi connectivity index (χ1) is 15.7. The molecule has 32 heavy (non-hydrogen) atoms. The fourth-order valence-corrected chi connectivity index (χ4v) is 4.00. The van der Waals surface area contributed by atoms with Gasteiger partial charge in [0.25, 0.3) is 0 Å². The number of hydrogen-bond acceptors (Lipinski definition) is 1. The molecule has 1 N–H and O–H groups in total. The van der Waals surface area contributed by atoms with Crippen LogP contribution in [0.1, 0.15) is 6.92 Å². The lowest BCUT2D eigenvalue weighted by Crippen LogP contribution is -2.05. The Morgan fingerprint density at radius 2 is 1.09 bits per heavy atom. The molecule has 2 aliphatic rings. The zero-order chi connectivity index (χ0) is 21.9. The molecule has 0 fully saturated rings. The first-order valence-corrected chi connectivity index (χ1v) is 10.6. The van der Waals surface area contributed by atoms with Gasteiger partial charge in [-0.05, 0) is 41.5 Å². The fraction of sp³-hybridized carbons (Fsp3) is 0.0345. The number of hydrogen-bond donors (Lipinski definition) is 1. The fourth-order valence-electron chi connectivity index (χ4n) is 4.00. The Hall–Kier alpha value is -4.24. The molecular weight excluding hydrogens is 394 g/mol. The van der Waals surface area contributed by atoms with Gasteiger partial charge in [-0.1, -0.05) is 66.7 Å². The Labute approximate surface area is 187 Å². The SMILES string of the molecule is CC(=O)Nc1cc(-c2cc(-c3ccccc3)[o+]c(-c3ccccc3)c2)c2cccccc1-2. The van der Waals surface area contributed by atoms with Gasteiger partial charge < -0.3 is 5.32 Å². The first kappa shape index (κ1) is 19.7. The van der Waals surface area contributed by atoms with E-state index < -0.39 is 0 Å². The quantitative estimate of drug-likeness (QED) is 0.306. The average Bonchev–Trinajstić information content (AvgIpc) is 2.99. The van der Waals surface area contributed by atoms with E-state index in [0.29, 0.717) is 0 Å². The summed E-state index contributed by atoms with van der Waals surface area (Å²) >= 11 is 0. The maximum Gasteiger partial charge on any atom is 0.361 e. The van der Waals surface area contributed by atoms with Gasteiger partial charge in [-0.15, -0.1) is 0 Å². The molecule has 1 amide bonds. The molecule has 0 saturated heterocycles. The van der Waals surface area contributed by atoms with Gasteiger partial charge in [0.1, 0.15) is 0 Å². The number of fused-ring (bicyclic) bond motifs is 1. The maximum absolute atomic E-state index is 11.8. The summed E-state index contributed by atoms with van der Waals surface area (Å²) < 4.78 is 6.34. The van der Waals surface area contributed by atoms with Crippen LogP contribution in [-0.2, 0) is 4.79 Å². The Morgan fingerprint density at radius 1 is 0.594 bits per heavy atom. The van der Waals surface area contributed by atoms with Crippen molar-refractivity contribution in [1.29, 1.82) is 0 Å². The second-order valence-corrected chi connectivity index (χ2v) is 7.70. The third-order valence-corrected chi connectivity index (χ3v) is 5.44. The molecule has 154 valence electrons. The summed E-state index contributed by atoms with van der Waals surface area (Å²) in [5.41, 5.74) is 6.98. The van der Waals surface area contributed by atoms with Gasteiger partial charge in [0.05, 0.1) is 23.3 Å². The molecule has 0 aliphatic heterocycles. The number of carbonyl (C=O) groups is 1. The van der Waals surface area contributed by atoms with Crippen LogP contribution < -0.4 is 5.32 Å². The van der Waals surface area contributed by atoms with Gasteiger partial charge in [0, 0.05) is 23.7 Å². The Bertz CT molecular complexity index is 1300. The van der Waals surface area contributed by atoms with Crippen LogP contribution in [0.4, 0.5) is 5.69 Å². The zero-order valence-corrected chi connectivity index (χ0v) is 17.7. The van der Waals surface area contributed by atoms with Gasteiger partial charge in [0.15, 0.2) is 0 Å². The van der Waals surface area contributed by atoms with Crippen molar-refractivity contribution in [2.24, 2.45) is 0 Å². The molecular formula is C29H22NO2+. The van der Waals surface area contributed by atoms with Crippen LogP contribution in [0.25, 0.3) is 44.9 Å². The monoisotopic (exact) mass is 416 g/mol. The summed E-state index contributed by atoms with van der Waals surface area (Å²) in [6.07, 6.45) is 0. The summed E-state index contributed by atoms with van der Waals surface area (Å²) in [7, 11) is 0. The molecule has 0 saturated carbocycles. The van der Waals surface area contributed by atoms with Crippen LogP contribution in [0.3, 0.4) is 0 Å². The van der Waals surface area contributed by atoms with Gasteiger partial charge in [0.2, 0.25) is 5.91 Å². The van der Waals surface area contributed by atoms with Crippen molar-refractivity contribution in [3.63, 3.8) is 0 Å². The molecule has 0 spiro atoms. The highest BCUT2D eigenvalue weighted by Gasteiger charge is 2.24. The molecule has 0 atom stereocenters. The molecule has 1 heterocycles. The van der Waals surface area contributed by atoms with Gasteiger partial charge >= 0.3 is 11.5 Å². The van der Waals surface area contributed by atoms with Gasteiger partial charge in [-0.25, -0.2) is 4.42 Å². The number of rotatable bonds is 4. The summed E-state index contributed by atoms with van der Waals surface area (Å²) in [5, 5.41) is 2.98. The molecule has 0 bridgehead atoms. The summed E-state index contributed by atoms with van der Waals surface area (Å²) in [6, 6.07) is 36.5.